The lowest BCUT2D eigenvalue weighted by atomic mass is 10.2. The van der Waals surface area contributed by atoms with Gasteiger partial charge in [-0.2, -0.15) is 0 Å². The van der Waals surface area contributed by atoms with Gasteiger partial charge in [0.05, 0.1) is 13.2 Å². The Kier molecular flexibility index (Phi) is 9.86. The minimum Gasteiger partial charge on any atom is -0.505 e. The quantitative estimate of drug-likeness (QED) is 0.258. The maximum absolute atomic E-state index is 13.3. The molecule has 0 amide bonds. The summed E-state index contributed by atoms with van der Waals surface area (Å²) in [5.74, 6) is -0.379. The molecule has 0 unspecified atom stereocenters. The van der Waals surface area contributed by atoms with E-state index in [1.807, 2.05) is 30.3 Å². The van der Waals surface area contributed by atoms with Gasteiger partial charge < -0.3 is 20.5 Å². The van der Waals surface area contributed by atoms with Crippen molar-refractivity contribution in [2.75, 3.05) is 20.2 Å². The number of phenolic OH excluding ortho intramolecular Hbond substituents is 1. The predicted molar refractivity (Wildman–Crippen MR) is 108 cm³/mol. The molecule has 7 heteroatoms. The number of benzene rings is 2. The summed E-state index contributed by atoms with van der Waals surface area (Å²) in [5, 5.41) is 15.4. The molecule has 0 bridgehead atoms. The van der Waals surface area contributed by atoms with Crippen molar-refractivity contribution in [3.63, 3.8) is 0 Å². The van der Waals surface area contributed by atoms with Crippen molar-refractivity contribution in [1.29, 1.82) is 0 Å². The molecule has 136 valence electrons. The van der Waals surface area contributed by atoms with E-state index in [4.69, 9.17) is 4.74 Å². The fourth-order valence-electron chi connectivity index (χ4n) is 2.07. The minimum atomic E-state index is -0.633. The topological polar surface area (TPSA) is 65.9 Å². The molecule has 0 aliphatic rings. The molecule has 0 radical (unpaired) electrons. The molecule has 2 aromatic rings. The summed E-state index contributed by atoms with van der Waals surface area (Å²) < 4.78 is 18.9. The molecule has 25 heavy (non-hydrogen) atoms. The van der Waals surface area contributed by atoms with Crippen molar-refractivity contribution < 1.29 is 14.2 Å². The number of phenols is 1. The highest BCUT2D eigenvalue weighted by atomic mass is 127. The van der Waals surface area contributed by atoms with Crippen LogP contribution in [0.25, 0.3) is 0 Å². The van der Waals surface area contributed by atoms with Crippen molar-refractivity contribution in [2.45, 2.75) is 13.2 Å². The van der Waals surface area contributed by atoms with Crippen LogP contribution in [0.4, 0.5) is 4.39 Å². The van der Waals surface area contributed by atoms with Crippen LogP contribution in [0.1, 0.15) is 11.1 Å². The lowest BCUT2D eigenvalue weighted by molar-refractivity contribution is 0.125. The molecule has 2 aromatic carbocycles. The van der Waals surface area contributed by atoms with Gasteiger partial charge in [-0.1, -0.05) is 36.4 Å². The molecular formula is C18H23FIN3O2. The number of nitrogens with one attached hydrogen (secondary N) is 2. The Hall–Kier alpha value is -1.87. The molecule has 5 nitrogen and oxygen atoms in total. The average molecular weight is 459 g/mol. The second-order valence-corrected chi connectivity index (χ2v) is 5.18. The van der Waals surface area contributed by atoms with Crippen LogP contribution in [0.2, 0.25) is 0 Å². The molecule has 2 rings (SSSR count). The first-order valence-electron chi connectivity index (χ1n) is 7.72. The van der Waals surface area contributed by atoms with Gasteiger partial charge in [0.15, 0.2) is 17.5 Å². The second-order valence-electron chi connectivity index (χ2n) is 5.18. The second kappa shape index (κ2) is 11.6. The van der Waals surface area contributed by atoms with Crippen LogP contribution in [0, 0.1) is 5.82 Å². The van der Waals surface area contributed by atoms with Gasteiger partial charge in [-0.05, 0) is 23.3 Å². The standard InChI is InChI=1S/C18H22FN3O2.HI/c1-20-18(22-12-15-7-8-17(23)16(19)11-15)21-9-10-24-13-14-5-3-2-4-6-14;/h2-8,11,23H,9-10,12-13H2,1H3,(H2,20,21,22);1H. The van der Waals surface area contributed by atoms with E-state index < -0.39 is 5.82 Å². The molecule has 3 N–H and O–H groups in total. The maximum Gasteiger partial charge on any atom is 0.191 e. The fraction of sp³-hybridized carbons (Fsp3) is 0.278. The normalized spacial score (nSPS) is 10.9. The number of halogens is 2. The predicted octanol–water partition coefficient (Wildman–Crippen LogP) is 3.03. The Morgan fingerprint density at radius 1 is 1.12 bits per heavy atom. The molecule has 0 fully saturated rings. The fourth-order valence-corrected chi connectivity index (χ4v) is 2.07. The molecular weight excluding hydrogens is 436 g/mol. The van der Waals surface area contributed by atoms with Crippen LogP contribution in [-0.2, 0) is 17.9 Å². The lowest BCUT2D eigenvalue weighted by Gasteiger charge is -2.12. The van der Waals surface area contributed by atoms with Gasteiger partial charge in [-0.25, -0.2) is 4.39 Å². The van der Waals surface area contributed by atoms with Crippen molar-refractivity contribution >= 4 is 29.9 Å². The summed E-state index contributed by atoms with van der Waals surface area (Å²) in [5.41, 5.74) is 1.85. The summed E-state index contributed by atoms with van der Waals surface area (Å²) in [7, 11) is 1.66. The van der Waals surface area contributed by atoms with E-state index in [2.05, 4.69) is 15.6 Å². The highest BCUT2D eigenvalue weighted by Gasteiger charge is 2.03. The molecule has 0 aliphatic heterocycles. The molecule has 0 saturated carbocycles. The minimum absolute atomic E-state index is 0. The first kappa shape index (κ1) is 21.2. The van der Waals surface area contributed by atoms with Crippen LogP contribution < -0.4 is 10.6 Å². The first-order valence-corrected chi connectivity index (χ1v) is 7.72. The summed E-state index contributed by atoms with van der Waals surface area (Å²) in [6.07, 6.45) is 0. The van der Waals surface area contributed by atoms with Crippen LogP contribution in [0.3, 0.4) is 0 Å². The summed E-state index contributed by atoms with van der Waals surface area (Å²) in [6.45, 7) is 2.13. The van der Waals surface area contributed by atoms with E-state index in [0.717, 1.165) is 5.56 Å². The number of nitrogens with zero attached hydrogens (tertiary/aromatic N) is 1. The Morgan fingerprint density at radius 3 is 2.56 bits per heavy atom. The van der Waals surface area contributed by atoms with E-state index in [1.54, 1.807) is 13.1 Å². The Bertz CT molecular complexity index is 669. The zero-order valence-corrected chi connectivity index (χ0v) is 16.4. The van der Waals surface area contributed by atoms with Gasteiger partial charge in [-0.3, -0.25) is 4.99 Å². The largest absolute Gasteiger partial charge is 0.505 e. The van der Waals surface area contributed by atoms with Crippen molar-refractivity contribution in [2.24, 2.45) is 4.99 Å². The Morgan fingerprint density at radius 2 is 1.88 bits per heavy atom. The summed E-state index contributed by atoms with van der Waals surface area (Å²) >= 11 is 0. The Labute approximate surface area is 164 Å². The monoisotopic (exact) mass is 459 g/mol. The van der Waals surface area contributed by atoms with E-state index in [0.29, 0.717) is 37.8 Å². The Balaban J connectivity index is 0.00000312. The maximum atomic E-state index is 13.3. The van der Waals surface area contributed by atoms with Gasteiger partial charge in [0, 0.05) is 20.1 Å². The summed E-state index contributed by atoms with van der Waals surface area (Å²) in [4.78, 5) is 4.09. The molecule has 0 saturated heterocycles. The number of guanidine groups is 1. The third-order valence-corrected chi connectivity index (χ3v) is 3.35. The van der Waals surface area contributed by atoms with Crippen molar-refractivity contribution in [3.8, 4) is 5.75 Å². The average Bonchev–Trinajstić information content (AvgIpc) is 2.61. The van der Waals surface area contributed by atoms with Gasteiger partial charge in [0.1, 0.15) is 0 Å². The molecule has 0 aromatic heterocycles. The van der Waals surface area contributed by atoms with Gasteiger partial charge in [0.2, 0.25) is 0 Å². The number of ether oxygens (including phenoxy) is 1. The third-order valence-electron chi connectivity index (χ3n) is 3.35. The SMILES string of the molecule is CN=C(NCCOCc1ccccc1)NCc1ccc(O)c(F)c1.I. The summed E-state index contributed by atoms with van der Waals surface area (Å²) in [6, 6.07) is 14.3. The van der Waals surface area contributed by atoms with Crippen LogP contribution in [0.5, 0.6) is 5.75 Å². The van der Waals surface area contributed by atoms with Gasteiger partial charge in [0.25, 0.3) is 0 Å². The van der Waals surface area contributed by atoms with Gasteiger partial charge >= 0.3 is 0 Å². The van der Waals surface area contributed by atoms with E-state index in [9.17, 15) is 9.50 Å². The highest BCUT2D eigenvalue weighted by molar-refractivity contribution is 14.0. The van der Waals surface area contributed by atoms with Crippen LogP contribution in [-0.4, -0.2) is 31.3 Å². The smallest absolute Gasteiger partial charge is 0.191 e. The number of aromatic hydroxyl groups is 1. The number of rotatable bonds is 7. The molecule has 0 heterocycles. The van der Waals surface area contributed by atoms with E-state index >= 15 is 0 Å². The lowest BCUT2D eigenvalue weighted by Crippen LogP contribution is -2.38. The molecule has 0 aliphatic carbocycles. The van der Waals surface area contributed by atoms with Crippen molar-refractivity contribution in [1.82, 2.24) is 10.6 Å². The molecule has 0 spiro atoms. The van der Waals surface area contributed by atoms with E-state index in [-0.39, 0.29) is 29.7 Å². The molecule has 0 atom stereocenters. The highest BCUT2D eigenvalue weighted by Crippen LogP contribution is 2.15. The zero-order chi connectivity index (χ0) is 17.2. The number of hydrogen-bond donors (Lipinski definition) is 3. The zero-order valence-electron chi connectivity index (χ0n) is 14.0. The number of aliphatic imine (C=N–C) groups is 1. The first-order chi connectivity index (χ1) is 11.7. The van der Waals surface area contributed by atoms with Crippen molar-refractivity contribution in [3.05, 3.63) is 65.5 Å². The third kappa shape index (κ3) is 7.70. The van der Waals surface area contributed by atoms with Crippen LogP contribution >= 0.6 is 24.0 Å². The van der Waals surface area contributed by atoms with Crippen LogP contribution in [0.15, 0.2) is 53.5 Å². The number of hydrogen-bond acceptors (Lipinski definition) is 3. The van der Waals surface area contributed by atoms with Gasteiger partial charge in [-0.15, -0.1) is 24.0 Å². The van der Waals surface area contributed by atoms with E-state index in [1.165, 1.54) is 12.1 Å².